The predicted molar refractivity (Wildman–Crippen MR) is 59.0 cm³/mol. The smallest absolute Gasteiger partial charge is 0.307 e. The summed E-state index contributed by atoms with van der Waals surface area (Å²) in [5, 5.41) is 8.78. The molecule has 5 heteroatoms. The van der Waals surface area contributed by atoms with Gasteiger partial charge in [-0.1, -0.05) is 6.07 Å². The average molecular weight is 269 g/mol. The summed E-state index contributed by atoms with van der Waals surface area (Å²) >= 11 is 3.33. The largest absolute Gasteiger partial charge is 0.481 e. The van der Waals surface area contributed by atoms with Gasteiger partial charge in [0.2, 0.25) is 0 Å². The number of aliphatic carboxylic acids is 1. The van der Waals surface area contributed by atoms with Crippen LogP contribution in [0.25, 0.3) is 5.52 Å². The number of aromatic nitrogens is 2. The molecule has 0 bridgehead atoms. The van der Waals surface area contributed by atoms with E-state index in [4.69, 9.17) is 5.11 Å². The van der Waals surface area contributed by atoms with E-state index >= 15 is 0 Å². The quantitative estimate of drug-likeness (QED) is 0.907. The van der Waals surface area contributed by atoms with E-state index in [-0.39, 0.29) is 6.42 Å². The molecule has 0 aliphatic carbocycles. The first kappa shape index (κ1) is 10.2. The van der Waals surface area contributed by atoms with Crippen LogP contribution in [-0.2, 0) is 11.2 Å². The van der Waals surface area contributed by atoms with Crippen LogP contribution in [0.15, 0.2) is 22.9 Å². The number of nitrogens with zero attached hydrogens (tertiary/aromatic N) is 2. The topological polar surface area (TPSA) is 54.6 Å². The number of rotatable bonds is 2. The summed E-state index contributed by atoms with van der Waals surface area (Å²) in [5.41, 5.74) is 1.59. The molecule has 0 fully saturated rings. The highest BCUT2D eigenvalue weighted by Gasteiger charge is 2.11. The van der Waals surface area contributed by atoms with Crippen LogP contribution in [0.5, 0.6) is 0 Å². The fourth-order valence-corrected chi connectivity index (χ4v) is 2.31. The summed E-state index contributed by atoms with van der Waals surface area (Å²) in [4.78, 5) is 14.9. The number of hydrogen-bond acceptors (Lipinski definition) is 2. The highest BCUT2D eigenvalue weighted by molar-refractivity contribution is 9.10. The van der Waals surface area contributed by atoms with Crippen molar-refractivity contribution >= 4 is 27.4 Å². The van der Waals surface area contributed by atoms with Gasteiger partial charge in [0.25, 0.3) is 0 Å². The monoisotopic (exact) mass is 268 g/mol. The first-order chi connectivity index (χ1) is 7.09. The molecule has 0 unspecified atom stereocenters. The van der Waals surface area contributed by atoms with E-state index in [2.05, 4.69) is 20.9 Å². The molecule has 2 heterocycles. The molecular weight excluding hydrogens is 260 g/mol. The number of halogens is 1. The van der Waals surface area contributed by atoms with Crippen molar-refractivity contribution < 1.29 is 9.90 Å². The molecule has 2 aromatic heterocycles. The molecule has 2 rings (SSSR count). The Balaban J connectivity index is 2.69. The molecule has 0 radical (unpaired) electrons. The van der Waals surface area contributed by atoms with E-state index < -0.39 is 5.97 Å². The van der Waals surface area contributed by atoms with Crippen LogP contribution in [0, 0.1) is 6.92 Å². The van der Waals surface area contributed by atoms with Gasteiger partial charge in [0.05, 0.1) is 11.9 Å². The van der Waals surface area contributed by atoms with Crippen LogP contribution in [-0.4, -0.2) is 20.5 Å². The van der Waals surface area contributed by atoms with Crippen LogP contribution in [0.1, 0.15) is 11.4 Å². The zero-order chi connectivity index (χ0) is 11.0. The molecule has 0 aliphatic rings. The van der Waals surface area contributed by atoms with E-state index in [1.807, 2.05) is 23.6 Å². The SMILES string of the molecule is Cc1nc(Br)c2c(CC(=O)O)cccn12. The number of carboxylic acids is 1. The number of fused-ring (bicyclic) bond motifs is 1. The van der Waals surface area contributed by atoms with Gasteiger partial charge in [-0.3, -0.25) is 4.79 Å². The lowest BCUT2D eigenvalue weighted by molar-refractivity contribution is -0.136. The molecule has 0 saturated carbocycles. The average Bonchev–Trinajstić information content (AvgIpc) is 2.43. The van der Waals surface area contributed by atoms with Gasteiger partial charge in [0, 0.05) is 6.20 Å². The fourth-order valence-electron chi connectivity index (χ4n) is 1.61. The Bertz CT molecular complexity index is 533. The van der Waals surface area contributed by atoms with Crippen molar-refractivity contribution in [2.24, 2.45) is 0 Å². The van der Waals surface area contributed by atoms with Crippen molar-refractivity contribution in [3.8, 4) is 0 Å². The second-order valence-electron chi connectivity index (χ2n) is 3.27. The van der Waals surface area contributed by atoms with Gasteiger partial charge in [-0.25, -0.2) is 4.98 Å². The highest BCUT2D eigenvalue weighted by atomic mass is 79.9. The summed E-state index contributed by atoms with van der Waals surface area (Å²) in [5.74, 6) is -0.00188. The second-order valence-corrected chi connectivity index (χ2v) is 4.02. The minimum atomic E-state index is -0.839. The van der Waals surface area contributed by atoms with Crippen molar-refractivity contribution in [1.82, 2.24) is 9.38 Å². The minimum Gasteiger partial charge on any atom is -0.481 e. The van der Waals surface area contributed by atoms with Gasteiger partial charge >= 0.3 is 5.97 Å². The second kappa shape index (κ2) is 3.66. The molecule has 15 heavy (non-hydrogen) atoms. The van der Waals surface area contributed by atoms with Gasteiger partial charge in [0.1, 0.15) is 10.4 Å². The molecule has 0 aliphatic heterocycles. The molecule has 0 spiro atoms. The number of carbonyl (C=O) groups is 1. The maximum atomic E-state index is 10.7. The Morgan fingerprint density at radius 1 is 1.67 bits per heavy atom. The molecule has 0 aromatic carbocycles. The molecule has 0 atom stereocenters. The lowest BCUT2D eigenvalue weighted by Gasteiger charge is -2.02. The first-order valence-corrected chi connectivity index (χ1v) is 5.22. The highest BCUT2D eigenvalue weighted by Crippen LogP contribution is 2.22. The van der Waals surface area contributed by atoms with Crippen molar-refractivity contribution in [2.75, 3.05) is 0 Å². The minimum absolute atomic E-state index is 0.00801. The van der Waals surface area contributed by atoms with Crippen LogP contribution in [0.2, 0.25) is 0 Å². The predicted octanol–water partition coefficient (Wildman–Crippen LogP) is 2.03. The molecule has 0 amide bonds. The Kier molecular flexibility index (Phi) is 2.48. The number of carboxylic acid groups (broad SMARTS) is 1. The third-order valence-electron chi connectivity index (χ3n) is 2.22. The Morgan fingerprint density at radius 3 is 3.07 bits per heavy atom. The normalized spacial score (nSPS) is 10.8. The lowest BCUT2D eigenvalue weighted by atomic mass is 10.2. The lowest BCUT2D eigenvalue weighted by Crippen LogP contribution is -2.02. The van der Waals surface area contributed by atoms with Crippen molar-refractivity contribution in [1.29, 1.82) is 0 Å². The summed E-state index contributed by atoms with van der Waals surface area (Å²) < 4.78 is 2.57. The van der Waals surface area contributed by atoms with Crippen molar-refractivity contribution in [2.45, 2.75) is 13.3 Å². The van der Waals surface area contributed by atoms with Gasteiger partial charge in [-0.2, -0.15) is 0 Å². The Hall–Kier alpha value is -1.36. The molecular formula is C10H9BrN2O2. The molecule has 4 nitrogen and oxygen atoms in total. The number of aryl methyl sites for hydroxylation is 1. The first-order valence-electron chi connectivity index (χ1n) is 4.43. The van der Waals surface area contributed by atoms with Crippen molar-refractivity contribution in [3.05, 3.63) is 34.3 Å². The summed E-state index contributed by atoms with van der Waals surface area (Å²) in [6, 6.07) is 3.63. The van der Waals surface area contributed by atoms with Crippen LogP contribution < -0.4 is 0 Å². The number of pyridine rings is 1. The molecule has 0 saturated heterocycles. The van der Waals surface area contributed by atoms with Crippen LogP contribution in [0.4, 0.5) is 0 Å². The van der Waals surface area contributed by atoms with Gasteiger partial charge in [0.15, 0.2) is 0 Å². The van der Waals surface area contributed by atoms with Crippen LogP contribution in [0.3, 0.4) is 0 Å². The van der Waals surface area contributed by atoms with E-state index in [1.165, 1.54) is 0 Å². The van der Waals surface area contributed by atoms with E-state index in [1.54, 1.807) is 6.07 Å². The zero-order valence-electron chi connectivity index (χ0n) is 8.07. The van der Waals surface area contributed by atoms with E-state index in [0.29, 0.717) is 4.60 Å². The van der Waals surface area contributed by atoms with Gasteiger partial charge < -0.3 is 9.51 Å². The summed E-state index contributed by atoms with van der Waals surface area (Å²) in [7, 11) is 0. The van der Waals surface area contributed by atoms with E-state index in [0.717, 1.165) is 16.9 Å². The molecule has 1 N–H and O–H groups in total. The van der Waals surface area contributed by atoms with Gasteiger partial charge in [-0.15, -0.1) is 0 Å². The fraction of sp³-hybridized carbons (Fsp3) is 0.200. The molecule has 2 aromatic rings. The Morgan fingerprint density at radius 2 is 2.40 bits per heavy atom. The van der Waals surface area contributed by atoms with E-state index in [9.17, 15) is 4.79 Å². The third-order valence-corrected chi connectivity index (χ3v) is 2.78. The van der Waals surface area contributed by atoms with Crippen LogP contribution >= 0.6 is 15.9 Å². The zero-order valence-corrected chi connectivity index (χ0v) is 9.65. The maximum absolute atomic E-state index is 10.7. The summed E-state index contributed by atoms with van der Waals surface area (Å²) in [6.45, 7) is 1.88. The number of hydrogen-bond donors (Lipinski definition) is 1. The summed E-state index contributed by atoms with van der Waals surface area (Å²) in [6.07, 6.45) is 1.88. The maximum Gasteiger partial charge on any atom is 0.307 e. The van der Waals surface area contributed by atoms with Crippen molar-refractivity contribution in [3.63, 3.8) is 0 Å². The third kappa shape index (κ3) is 1.74. The molecule has 78 valence electrons. The Labute approximate surface area is 94.7 Å². The number of imidazole rings is 1. The van der Waals surface area contributed by atoms with Gasteiger partial charge in [-0.05, 0) is 34.5 Å². The standard InChI is InChI=1S/C10H9BrN2O2/c1-6-12-10(11)9-7(5-8(14)15)3-2-4-13(6)9/h2-4H,5H2,1H3,(H,14,15).